The fourth-order valence-electron chi connectivity index (χ4n) is 2.79. The normalized spacial score (nSPS) is 14.0. The molecule has 2 atom stereocenters. The van der Waals surface area contributed by atoms with Gasteiger partial charge in [-0.25, -0.2) is 0 Å². The number of esters is 2. The van der Waals surface area contributed by atoms with Crippen LogP contribution in [0.15, 0.2) is 0 Å². The van der Waals surface area contributed by atoms with Gasteiger partial charge in [-0.15, -0.1) is 0 Å². The van der Waals surface area contributed by atoms with Crippen LogP contribution in [0.4, 0.5) is 0 Å². The maximum atomic E-state index is 12.5. The third kappa shape index (κ3) is 8.24. The molecule has 0 spiro atoms. The summed E-state index contributed by atoms with van der Waals surface area (Å²) in [7, 11) is 0. The molecular formula is C21H40O4. The van der Waals surface area contributed by atoms with Gasteiger partial charge < -0.3 is 9.47 Å². The molecule has 0 aliphatic rings. The van der Waals surface area contributed by atoms with Gasteiger partial charge in [0.2, 0.25) is 0 Å². The van der Waals surface area contributed by atoms with Crippen LogP contribution in [0.25, 0.3) is 0 Å². The Labute approximate surface area is 155 Å². The van der Waals surface area contributed by atoms with E-state index in [9.17, 15) is 9.59 Å². The highest BCUT2D eigenvalue weighted by Gasteiger charge is 2.45. The first-order chi connectivity index (χ1) is 11.9. The van der Waals surface area contributed by atoms with Crippen molar-refractivity contribution in [3.05, 3.63) is 0 Å². The molecule has 0 amide bonds. The predicted octanol–water partition coefficient (Wildman–Crippen LogP) is 5.53. The second-order valence-corrected chi connectivity index (χ2v) is 7.37. The van der Waals surface area contributed by atoms with E-state index in [1.165, 1.54) is 0 Å². The highest BCUT2D eigenvalue weighted by molar-refractivity contribution is 5.99. The molecule has 0 aromatic heterocycles. The van der Waals surface area contributed by atoms with Crippen molar-refractivity contribution < 1.29 is 19.1 Å². The lowest BCUT2D eigenvalue weighted by molar-refractivity contribution is -0.173. The Bertz CT molecular complexity index is 342. The van der Waals surface area contributed by atoms with E-state index in [0.29, 0.717) is 37.9 Å². The van der Waals surface area contributed by atoms with E-state index in [4.69, 9.17) is 9.47 Å². The SMILES string of the molecule is CCC(C)CCCOC(=O)C(CC)(CC)C(=O)OCCCC(C)CC. The molecule has 0 rings (SSSR count). The summed E-state index contributed by atoms with van der Waals surface area (Å²) < 4.78 is 10.9. The van der Waals surface area contributed by atoms with E-state index in [2.05, 4.69) is 27.7 Å². The zero-order chi connectivity index (χ0) is 19.3. The van der Waals surface area contributed by atoms with Gasteiger partial charge in [0.25, 0.3) is 0 Å². The lowest BCUT2D eigenvalue weighted by Gasteiger charge is -2.27. The van der Waals surface area contributed by atoms with Gasteiger partial charge in [0.05, 0.1) is 13.2 Å². The fourth-order valence-corrected chi connectivity index (χ4v) is 2.79. The molecule has 0 aromatic carbocycles. The molecule has 0 saturated carbocycles. The zero-order valence-corrected chi connectivity index (χ0v) is 17.4. The average molecular weight is 357 g/mol. The Balaban J connectivity index is 4.48. The summed E-state index contributed by atoms with van der Waals surface area (Å²) in [5.41, 5.74) is -1.15. The van der Waals surface area contributed by atoms with E-state index < -0.39 is 17.4 Å². The van der Waals surface area contributed by atoms with Crippen LogP contribution in [-0.2, 0) is 19.1 Å². The fraction of sp³-hybridized carbons (Fsp3) is 0.905. The van der Waals surface area contributed by atoms with Crippen LogP contribution < -0.4 is 0 Å². The Morgan fingerprint density at radius 2 is 1.12 bits per heavy atom. The summed E-state index contributed by atoms with van der Waals surface area (Å²) in [4.78, 5) is 25.1. The highest BCUT2D eigenvalue weighted by Crippen LogP contribution is 2.30. The molecule has 148 valence electrons. The van der Waals surface area contributed by atoms with Gasteiger partial charge in [0.1, 0.15) is 0 Å². The highest BCUT2D eigenvalue weighted by atomic mass is 16.6. The topological polar surface area (TPSA) is 52.6 Å². The minimum atomic E-state index is -1.15. The molecule has 0 fully saturated rings. The molecule has 0 radical (unpaired) electrons. The van der Waals surface area contributed by atoms with Gasteiger partial charge in [-0.05, 0) is 50.4 Å². The van der Waals surface area contributed by atoms with Gasteiger partial charge in [-0.2, -0.15) is 0 Å². The number of ether oxygens (including phenoxy) is 2. The van der Waals surface area contributed by atoms with Gasteiger partial charge in [0, 0.05) is 0 Å². The molecular weight excluding hydrogens is 316 g/mol. The zero-order valence-electron chi connectivity index (χ0n) is 17.4. The quantitative estimate of drug-likeness (QED) is 0.233. The van der Waals surface area contributed by atoms with Crippen molar-refractivity contribution in [1.82, 2.24) is 0 Å². The van der Waals surface area contributed by atoms with Crippen LogP contribution in [0.5, 0.6) is 0 Å². The molecule has 25 heavy (non-hydrogen) atoms. The summed E-state index contributed by atoms with van der Waals surface area (Å²) in [5, 5.41) is 0. The third-order valence-corrected chi connectivity index (χ3v) is 5.53. The molecule has 0 heterocycles. The summed E-state index contributed by atoms with van der Waals surface area (Å²) in [5.74, 6) is 0.426. The number of hydrogen-bond donors (Lipinski definition) is 0. The molecule has 0 aromatic rings. The Morgan fingerprint density at radius 3 is 1.40 bits per heavy atom. The molecule has 0 N–H and O–H groups in total. The Kier molecular flexibility index (Phi) is 12.6. The molecule has 4 heteroatoms. The lowest BCUT2D eigenvalue weighted by atomic mass is 9.82. The van der Waals surface area contributed by atoms with E-state index >= 15 is 0 Å². The first kappa shape index (κ1) is 23.9. The molecule has 0 aliphatic heterocycles. The van der Waals surface area contributed by atoms with Crippen LogP contribution >= 0.6 is 0 Å². The smallest absolute Gasteiger partial charge is 0.323 e. The van der Waals surface area contributed by atoms with Crippen LogP contribution in [0.3, 0.4) is 0 Å². The maximum absolute atomic E-state index is 12.5. The second-order valence-electron chi connectivity index (χ2n) is 7.37. The van der Waals surface area contributed by atoms with E-state index in [1.807, 2.05) is 13.8 Å². The Morgan fingerprint density at radius 1 is 0.760 bits per heavy atom. The first-order valence-electron chi connectivity index (χ1n) is 10.2. The molecule has 0 bridgehead atoms. The largest absolute Gasteiger partial charge is 0.465 e. The van der Waals surface area contributed by atoms with Crippen molar-refractivity contribution >= 4 is 11.9 Å². The summed E-state index contributed by atoms with van der Waals surface area (Å²) in [6.07, 6.45) is 6.85. The third-order valence-electron chi connectivity index (χ3n) is 5.53. The van der Waals surface area contributed by atoms with Crippen molar-refractivity contribution in [1.29, 1.82) is 0 Å². The van der Waals surface area contributed by atoms with Crippen LogP contribution in [-0.4, -0.2) is 25.2 Å². The van der Waals surface area contributed by atoms with Crippen LogP contribution in [0.2, 0.25) is 0 Å². The monoisotopic (exact) mass is 356 g/mol. The van der Waals surface area contributed by atoms with Crippen LogP contribution in [0, 0.1) is 17.3 Å². The number of hydrogen-bond acceptors (Lipinski definition) is 4. The van der Waals surface area contributed by atoms with E-state index in [1.54, 1.807) is 0 Å². The summed E-state index contributed by atoms with van der Waals surface area (Å²) >= 11 is 0. The van der Waals surface area contributed by atoms with Gasteiger partial charge >= 0.3 is 11.9 Å². The predicted molar refractivity (Wildman–Crippen MR) is 102 cm³/mol. The second kappa shape index (κ2) is 13.2. The molecule has 4 nitrogen and oxygen atoms in total. The lowest BCUT2D eigenvalue weighted by Crippen LogP contribution is -2.41. The van der Waals surface area contributed by atoms with Crippen molar-refractivity contribution in [2.45, 2.75) is 92.9 Å². The Hall–Kier alpha value is -1.06. The molecule has 0 saturated heterocycles. The maximum Gasteiger partial charge on any atom is 0.323 e. The number of carbonyl (C=O) groups excluding carboxylic acids is 2. The number of rotatable bonds is 14. The van der Waals surface area contributed by atoms with E-state index in [0.717, 1.165) is 38.5 Å². The number of carbonyl (C=O) groups is 2. The van der Waals surface area contributed by atoms with Gasteiger partial charge in [0.15, 0.2) is 5.41 Å². The van der Waals surface area contributed by atoms with Gasteiger partial charge in [-0.3, -0.25) is 9.59 Å². The van der Waals surface area contributed by atoms with Crippen LogP contribution in [0.1, 0.15) is 92.9 Å². The minimum Gasteiger partial charge on any atom is -0.465 e. The van der Waals surface area contributed by atoms with Crippen molar-refractivity contribution in [2.24, 2.45) is 17.3 Å². The summed E-state index contributed by atoms with van der Waals surface area (Å²) in [6.45, 7) is 13.2. The molecule has 2 unspecified atom stereocenters. The minimum absolute atomic E-state index is 0.381. The van der Waals surface area contributed by atoms with Crippen molar-refractivity contribution in [2.75, 3.05) is 13.2 Å². The summed E-state index contributed by atoms with van der Waals surface area (Å²) in [6, 6.07) is 0. The molecule has 0 aliphatic carbocycles. The first-order valence-corrected chi connectivity index (χ1v) is 10.2. The van der Waals surface area contributed by atoms with Crippen molar-refractivity contribution in [3.63, 3.8) is 0 Å². The average Bonchev–Trinajstić information content (AvgIpc) is 2.63. The van der Waals surface area contributed by atoms with Gasteiger partial charge in [-0.1, -0.05) is 54.4 Å². The van der Waals surface area contributed by atoms with Crippen molar-refractivity contribution in [3.8, 4) is 0 Å². The van der Waals surface area contributed by atoms with E-state index in [-0.39, 0.29) is 0 Å². The standard InChI is InChI=1S/C21H40O4/c1-7-17(5)13-11-15-24-19(22)21(9-3,10-4)20(23)25-16-12-14-18(6)8-2/h17-18H,7-16H2,1-6H3.